The van der Waals surface area contributed by atoms with E-state index in [2.05, 4.69) is 5.32 Å². The Bertz CT molecular complexity index is 887. The van der Waals surface area contributed by atoms with Gasteiger partial charge >= 0.3 is 0 Å². The summed E-state index contributed by atoms with van der Waals surface area (Å²) in [5, 5.41) is 9.95. The van der Waals surface area contributed by atoms with E-state index < -0.39 is 0 Å². The Kier molecular flexibility index (Phi) is 4.35. The highest BCUT2D eigenvalue weighted by atomic mass is 35.5. The summed E-state index contributed by atoms with van der Waals surface area (Å²) in [7, 11) is 1.86. The van der Waals surface area contributed by atoms with Crippen LogP contribution in [0.1, 0.15) is 16.1 Å². The van der Waals surface area contributed by atoms with Crippen molar-refractivity contribution >= 4 is 46.0 Å². The highest BCUT2D eigenvalue weighted by Gasteiger charge is 2.16. The second-order valence-corrected chi connectivity index (χ2v) is 6.40. The van der Waals surface area contributed by atoms with Crippen molar-refractivity contribution in [2.45, 2.75) is 11.8 Å². The number of hydrogen-bond acceptors (Lipinski definition) is 3. The summed E-state index contributed by atoms with van der Waals surface area (Å²) in [6.07, 6.45) is 0. The topological polar surface area (TPSA) is 60.1 Å². The summed E-state index contributed by atoms with van der Waals surface area (Å²) in [6, 6.07) is 13.1. The summed E-state index contributed by atoms with van der Waals surface area (Å²) in [6.45, 7) is 1.95. The normalized spacial score (nSPS) is 11.0. The molecule has 2 aromatic carbocycles. The minimum absolute atomic E-state index is 0.175. The zero-order valence-electron chi connectivity index (χ0n) is 12.8. The van der Waals surface area contributed by atoms with Crippen molar-refractivity contribution in [2.75, 3.05) is 5.32 Å². The molecular weight excluding hydrogens is 330 g/mol. The molecule has 0 spiro atoms. The number of fused-ring (bicyclic) bond motifs is 1. The van der Waals surface area contributed by atoms with E-state index in [0.717, 1.165) is 27.0 Å². The maximum atomic E-state index is 12.6. The smallest absolute Gasteiger partial charge is 0.272 e. The van der Waals surface area contributed by atoms with Gasteiger partial charge in [-0.15, -0.1) is 0 Å². The van der Waals surface area contributed by atoms with Gasteiger partial charge in [0.2, 0.25) is 0 Å². The molecule has 3 N–H and O–H groups in total. The number of benzene rings is 2. The van der Waals surface area contributed by atoms with Gasteiger partial charge in [-0.05, 0) is 60.8 Å². The molecular formula is C17H16ClN3OS. The molecule has 0 radical (unpaired) electrons. The number of nitrogens with two attached hydrogens (primary N) is 1. The number of carbonyl (C=O) groups excluding carboxylic acids is 1. The van der Waals surface area contributed by atoms with Gasteiger partial charge in [0.1, 0.15) is 5.69 Å². The number of aromatic nitrogens is 1. The average molecular weight is 346 g/mol. The van der Waals surface area contributed by atoms with Gasteiger partial charge in [0.25, 0.3) is 5.91 Å². The van der Waals surface area contributed by atoms with Gasteiger partial charge in [0.15, 0.2) is 0 Å². The molecule has 0 fully saturated rings. The largest absolute Gasteiger partial charge is 0.340 e. The summed E-state index contributed by atoms with van der Waals surface area (Å²) < 4.78 is 1.85. The van der Waals surface area contributed by atoms with Crippen molar-refractivity contribution in [2.24, 2.45) is 12.2 Å². The van der Waals surface area contributed by atoms with Crippen LogP contribution in [-0.2, 0) is 7.05 Å². The van der Waals surface area contributed by atoms with Gasteiger partial charge in [-0.3, -0.25) is 9.93 Å². The fourth-order valence-corrected chi connectivity index (χ4v) is 3.02. The number of halogens is 1. The van der Waals surface area contributed by atoms with E-state index in [1.54, 1.807) is 0 Å². The third kappa shape index (κ3) is 2.95. The van der Waals surface area contributed by atoms with E-state index in [4.69, 9.17) is 16.7 Å². The molecule has 0 saturated carbocycles. The molecule has 23 heavy (non-hydrogen) atoms. The number of nitrogens with one attached hydrogen (secondary N) is 1. The number of hydrogen-bond donors (Lipinski definition) is 2. The predicted molar refractivity (Wildman–Crippen MR) is 97.1 cm³/mol. The van der Waals surface area contributed by atoms with Gasteiger partial charge < -0.3 is 9.88 Å². The number of aryl methyl sites for hydroxylation is 2. The Morgan fingerprint density at radius 3 is 2.57 bits per heavy atom. The highest BCUT2D eigenvalue weighted by molar-refractivity contribution is 7.97. The summed E-state index contributed by atoms with van der Waals surface area (Å²) >= 11 is 7.52. The molecule has 4 nitrogen and oxygen atoms in total. The van der Waals surface area contributed by atoms with Crippen LogP contribution in [0, 0.1) is 6.92 Å². The Morgan fingerprint density at radius 2 is 1.91 bits per heavy atom. The Labute approximate surface area is 143 Å². The van der Waals surface area contributed by atoms with E-state index in [9.17, 15) is 4.79 Å². The maximum Gasteiger partial charge on any atom is 0.272 e. The number of amides is 1. The fraction of sp³-hybridized carbons (Fsp3) is 0.118. The van der Waals surface area contributed by atoms with Crippen molar-refractivity contribution in [3.8, 4) is 0 Å². The number of nitrogens with zero attached hydrogens (tertiary/aromatic N) is 1. The quantitative estimate of drug-likeness (QED) is 0.693. The predicted octanol–water partition coefficient (Wildman–Crippen LogP) is 4.36. The van der Waals surface area contributed by atoms with Crippen LogP contribution >= 0.6 is 23.5 Å². The van der Waals surface area contributed by atoms with Crippen LogP contribution in [0.15, 0.2) is 47.4 Å². The van der Waals surface area contributed by atoms with Crippen LogP contribution in [-0.4, -0.2) is 10.5 Å². The van der Waals surface area contributed by atoms with Gasteiger partial charge in [-0.25, -0.2) is 0 Å². The Morgan fingerprint density at radius 1 is 1.22 bits per heavy atom. The van der Waals surface area contributed by atoms with Crippen LogP contribution < -0.4 is 10.5 Å². The minimum atomic E-state index is -0.175. The molecule has 1 aromatic heterocycles. The first-order valence-electron chi connectivity index (χ1n) is 7.04. The van der Waals surface area contributed by atoms with E-state index >= 15 is 0 Å². The second-order valence-electron chi connectivity index (χ2n) is 5.31. The monoisotopic (exact) mass is 345 g/mol. The van der Waals surface area contributed by atoms with E-state index in [1.165, 1.54) is 11.9 Å². The van der Waals surface area contributed by atoms with Crippen molar-refractivity contribution in [3.05, 3.63) is 58.7 Å². The lowest BCUT2D eigenvalue weighted by atomic mass is 10.2. The van der Waals surface area contributed by atoms with Crippen molar-refractivity contribution < 1.29 is 4.79 Å². The Balaban J connectivity index is 1.94. The molecule has 0 aliphatic heterocycles. The van der Waals surface area contributed by atoms with Gasteiger partial charge in [0, 0.05) is 28.5 Å². The molecule has 0 aliphatic carbocycles. The first-order chi connectivity index (χ1) is 11.0. The number of anilines is 1. The highest BCUT2D eigenvalue weighted by Crippen LogP contribution is 2.29. The van der Waals surface area contributed by atoms with E-state index in [1.807, 2.05) is 61.0 Å². The van der Waals surface area contributed by atoms with E-state index in [0.29, 0.717) is 10.7 Å². The minimum Gasteiger partial charge on any atom is -0.340 e. The van der Waals surface area contributed by atoms with E-state index in [-0.39, 0.29) is 5.91 Å². The summed E-state index contributed by atoms with van der Waals surface area (Å²) in [4.78, 5) is 13.5. The molecule has 3 aromatic rings. The molecule has 0 atom stereocenters. The van der Waals surface area contributed by atoms with Gasteiger partial charge in [0.05, 0.1) is 5.02 Å². The molecule has 118 valence electrons. The Hall–Kier alpha value is -1.95. The van der Waals surface area contributed by atoms with Crippen molar-refractivity contribution in [1.82, 2.24) is 4.57 Å². The van der Waals surface area contributed by atoms with Crippen LogP contribution in [0.4, 0.5) is 5.69 Å². The van der Waals surface area contributed by atoms with Gasteiger partial charge in [-0.2, -0.15) is 0 Å². The molecule has 0 saturated heterocycles. The molecule has 0 unspecified atom stereocenters. The maximum absolute atomic E-state index is 12.6. The van der Waals surface area contributed by atoms with Crippen LogP contribution in [0.25, 0.3) is 10.9 Å². The molecule has 1 heterocycles. The lowest BCUT2D eigenvalue weighted by Gasteiger charge is -2.07. The zero-order chi connectivity index (χ0) is 16.6. The van der Waals surface area contributed by atoms with Crippen molar-refractivity contribution in [3.63, 3.8) is 0 Å². The van der Waals surface area contributed by atoms with Crippen LogP contribution in [0.2, 0.25) is 5.02 Å². The standard InChI is InChI=1S/C17H16ClN3OS/c1-10-3-8-14-13(16(10)18)9-15(21(14)2)17(22)20-11-4-6-12(23-19)7-5-11/h3-9H,19H2,1-2H3,(H,20,22). The second kappa shape index (κ2) is 6.28. The summed E-state index contributed by atoms with van der Waals surface area (Å²) in [5.74, 6) is -0.175. The van der Waals surface area contributed by atoms with Crippen LogP contribution in [0.5, 0.6) is 0 Å². The van der Waals surface area contributed by atoms with Crippen molar-refractivity contribution in [1.29, 1.82) is 0 Å². The third-order valence-electron chi connectivity index (χ3n) is 3.83. The molecule has 0 bridgehead atoms. The number of rotatable bonds is 3. The van der Waals surface area contributed by atoms with Gasteiger partial charge in [-0.1, -0.05) is 17.7 Å². The first-order valence-corrected chi connectivity index (χ1v) is 8.29. The summed E-state index contributed by atoms with van der Waals surface area (Å²) in [5.41, 5.74) is 3.21. The SMILES string of the molecule is Cc1ccc2c(cc(C(=O)Nc3ccc(SN)cc3)n2C)c1Cl. The first kappa shape index (κ1) is 15.9. The fourth-order valence-electron chi connectivity index (χ4n) is 2.51. The molecule has 3 rings (SSSR count). The molecule has 0 aliphatic rings. The lowest BCUT2D eigenvalue weighted by Crippen LogP contribution is -2.15. The molecule has 6 heteroatoms. The average Bonchev–Trinajstić information content (AvgIpc) is 2.89. The lowest BCUT2D eigenvalue weighted by molar-refractivity contribution is 0.102. The third-order valence-corrected chi connectivity index (χ3v) is 4.88. The van der Waals surface area contributed by atoms with Crippen LogP contribution in [0.3, 0.4) is 0 Å². The zero-order valence-corrected chi connectivity index (χ0v) is 14.3. The number of carbonyl (C=O) groups is 1. The molecule has 1 amide bonds.